The van der Waals surface area contributed by atoms with Crippen LogP contribution in [0, 0.1) is 0 Å². The van der Waals surface area contributed by atoms with Crippen molar-refractivity contribution in [3.05, 3.63) is 46.7 Å². The Morgan fingerprint density at radius 2 is 1.94 bits per heavy atom. The second-order valence-electron chi connectivity index (χ2n) is 3.30. The van der Waals surface area contributed by atoms with Crippen LogP contribution in [0.25, 0.3) is 11.1 Å². The third-order valence-electron chi connectivity index (χ3n) is 2.27. The number of halogens is 1. The van der Waals surface area contributed by atoms with Gasteiger partial charge in [-0.2, -0.15) is 0 Å². The minimum Gasteiger partial charge on any atom is -0.464 e. The Morgan fingerprint density at radius 1 is 1.25 bits per heavy atom. The van der Waals surface area contributed by atoms with Crippen molar-refractivity contribution in [1.29, 1.82) is 0 Å². The molecule has 0 atom stereocenters. The lowest BCUT2D eigenvalue weighted by Crippen LogP contribution is -2.00. The van der Waals surface area contributed by atoms with Crippen LogP contribution >= 0.6 is 15.9 Å². The van der Waals surface area contributed by atoms with Crippen LogP contribution in [-0.4, -0.2) is 18.1 Å². The summed E-state index contributed by atoms with van der Waals surface area (Å²) in [6.07, 6.45) is 1.79. The van der Waals surface area contributed by atoms with E-state index in [2.05, 4.69) is 25.7 Å². The van der Waals surface area contributed by atoms with Gasteiger partial charge in [0.15, 0.2) is 0 Å². The van der Waals surface area contributed by atoms with Gasteiger partial charge in [0.25, 0.3) is 0 Å². The smallest absolute Gasteiger partial charge is 0.354 e. The summed E-state index contributed by atoms with van der Waals surface area (Å²) < 4.78 is 5.65. The van der Waals surface area contributed by atoms with Crippen molar-refractivity contribution in [3.8, 4) is 11.1 Å². The van der Waals surface area contributed by atoms with E-state index in [9.17, 15) is 4.79 Å². The van der Waals surface area contributed by atoms with E-state index in [1.165, 1.54) is 7.11 Å². The van der Waals surface area contributed by atoms with Crippen LogP contribution in [0.2, 0.25) is 0 Å². The Morgan fingerprint density at radius 3 is 2.56 bits per heavy atom. The van der Waals surface area contributed by atoms with E-state index in [0.29, 0.717) is 5.69 Å². The second kappa shape index (κ2) is 4.53. The van der Waals surface area contributed by atoms with Crippen molar-refractivity contribution < 1.29 is 9.53 Å². The van der Waals surface area contributed by atoms with E-state index >= 15 is 0 Å². The first kappa shape index (κ1) is 11.0. The zero-order valence-corrected chi connectivity index (χ0v) is 10.2. The number of hydrogen-bond donors (Lipinski definition) is 1. The largest absolute Gasteiger partial charge is 0.464 e. The highest BCUT2D eigenvalue weighted by Crippen LogP contribution is 2.22. The average molecular weight is 280 g/mol. The lowest BCUT2D eigenvalue weighted by atomic mass is 10.1. The SMILES string of the molecule is COC(=O)c1cc(-c2ccc(Br)cc2)c[nH]1. The van der Waals surface area contributed by atoms with Gasteiger partial charge in [-0.15, -0.1) is 0 Å². The Bertz CT molecular complexity index is 502. The first-order valence-electron chi connectivity index (χ1n) is 4.73. The molecule has 0 unspecified atom stereocenters. The monoisotopic (exact) mass is 279 g/mol. The molecule has 3 nitrogen and oxygen atoms in total. The van der Waals surface area contributed by atoms with E-state index in [4.69, 9.17) is 0 Å². The van der Waals surface area contributed by atoms with E-state index in [-0.39, 0.29) is 5.97 Å². The van der Waals surface area contributed by atoms with E-state index in [1.807, 2.05) is 24.3 Å². The third-order valence-corrected chi connectivity index (χ3v) is 2.79. The molecule has 0 aliphatic carbocycles. The Kier molecular flexibility index (Phi) is 3.10. The molecule has 0 spiro atoms. The van der Waals surface area contributed by atoms with Crippen LogP contribution in [0.5, 0.6) is 0 Å². The van der Waals surface area contributed by atoms with Gasteiger partial charge in [-0.25, -0.2) is 4.79 Å². The molecule has 4 heteroatoms. The van der Waals surface area contributed by atoms with Crippen molar-refractivity contribution in [2.75, 3.05) is 7.11 Å². The first-order valence-corrected chi connectivity index (χ1v) is 5.52. The molecule has 1 aromatic carbocycles. The first-order chi connectivity index (χ1) is 7.70. The van der Waals surface area contributed by atoms with E-state index in [0.717, 1.165) is 15.6 Å². The molecule has 16 heavy (non-hydrogen) atoms. The molecule has 0 saturated carbocycles. The van der Waals surface area contributed by atoms with Gasteiger partial charge in [0.05, 0.1) is 7.11 Å². The summed E-state index contributed by atoms with van der Waals surface area (Å²) in [5, 5.41) is 0. The molecule has 2 rings (SSSR count). The molecule has 0 aliphatic rings. The minimum atomic E-state index is -0.358. The summed E-state index contributed by atoms with van der Waals surface area (Å²) >= 11 is 3.38. The van der Waals surface area contributed by atoms with Gasteiger partial charge < -0.3 is 9.72 Å². The summed E-state index contributed by atoms with van der Waals surface area (Å²) in [6, 6.07) is 9.65. The number of nitrogens with one attached hydrogen (secondary N) is 1. The van der Waals surface area contributed by atoms with Gasteiger partial charge in [-0.1, -0.05) is 28.1 Å². The van der Waals surface area contributed by atoms with Crippen LogP contribution in [0.1, 0.15) is 10.5 Å². The number of benzene rings is 1. The molecule has 1 N–H and O–H groups in total. The van der Waals surface area contributed by atoms with Crippen LogP contribution in [0.4, 0.5) is 0 Å². The predicted molar refractivity (Wildman–Crippen MR) is 65.3 cm³/mol. The number of esters is 1. The fourth-order valence-corrected chi connectivity index (χ4v) is 1.70. The molecule has 0 radical (unpaired) electrons. The van der Waals surface area contributed by atoms with Crippen molar-refractivity contribution in [2.45, 2.75) is 0 Å². The minimum absolute atomic E-state index is 0.358. The topological polar surface area (TPSA) is 42.1 Å². The number of ether oxygens (including phenoxy) is 1. The molecule has 2 aromatic rings. The standard InChI is InChI=1S/C12H10BrNO2/c1-16-12(15)11-6-9(7-14-11)8-2-4-10(13)5-3-8/h2-7,14H,1H3. The zero-order valence-electron chi connectivity index (χ0n) is 8.66. The molecule has 0 amide bonds. The Labute approximate surface area is 102 Å². The summed E-state index contributed by atoms with van der Waals surface area (Å²) in [5.41, 5.74) is 2.47. The zero-order chi connectivity index (χ0) is 11.5. The van der Waals surface area contributed by atoms with Crippen LogP contribution < -0.4 is 0 Å². The van der Waals surface area contributed by atoms with Gasteiger partial charge in [0.2, 0.25) is 0 Å². The Balaban J connectivity index is 2.31. The van der Waals surface area contributed by atoms with Gasteiger partial charge in [-0.3, -0.25) is 0 Å². The quantitative estimate of drug-likeness (QED) is 0.858. The molecule has 0 fully saturated rings. The van der Waals surface area contributed by atoms with Crippen LogP contribution in [0.15, 0.2) is 41.0 Å². The number of methoxy groups -OCH3 is 1. The van der Waals surface area contributed by atoms with Crippen molar-refractivity contribution >= 4 is 21.9 Å². The van der Waals surface area contributed by atoms with Gasteiger partial charge >= 0.3 is 5.97 Å². The maximum atomic E-state index is 11.3. The lowest BCUT2D eigenvalue weighted by Gasteiger charge is -1.96. The number of hydrogen-bond acceptors (Lipinski definition) is 2. The van der Waals surface area contributed by atoms with Gasteiger partial charge in [-0.05, 0) is 29.3 Å². The van der Waals surface area contributed by atoms with Crippen molar-refractivity contribution in [3.63, 3.8) is 0 Å². The molecule has 0 saturated heterocycles. The van der Waals surface area contributed by atoms with Gasteiger partial charge in [0.1, 0.15) is 5.69 Å². The van der Waals surface area contributed by atoms with Gasteiger partial charge in [0, 0.05) is 10.7 Å². The molecule has 1 heterocycles. The Hall–Kier alpha value is -1.55. The van der Waals surface area contributed by atoms with Crippen molar-refractivity contribution in [1.82, 2.24) is 4.98 Å². The molecule has 1 aromatic heterocycles. The van der Waals surface area contributed by atoms with Crippen LogP contribution in [0.3, 0.4) is 0 Å². The average Bonchev–Trinajstić information content (AvgIpc) is 2.78. The molecule has 82 valence electrons. The number of aromatic nitrogens is 1. The number of aromatic amines is 1. The maximum Gasteiger partial charge on any atom is 0.354 e. The summed E-state index contributed by atoms with van der Waals surface area (Å²) in [7, 11) is 1.36. The molecule has 0 aliphatic heterocycles. The fourth-order valence-electron chi connectivity index (χ4n) is 1.43. The maximum absolute atomic E-state index is 11.3. The lowest BCUT2D eigenvalue weighted by molar-refractivity contribution is 0.0595. The second-order valence-corrected chi connectivity index (χ2v) is 4.22. The third kappa shape index (κ3) is 2.17. The highest BCUT2D eigenvalue weighted by Gasteiger charge is 2.08. The number of rotatable bonds is 2. The predicted octanol–water partition coefficient (Wildman–Crippen LogP) is 3.23. The number of carbonyl (C=O) groups is 1. The van der Waals surface area contributed by atoms with Crippen LogP contribution in [-0.2, 0) is 4.74 Å². The molecular formula is C12H10BrNO2. The van der Waals surface area contributed by atoms with E-state index < -0.39 is 0 Å². The highest BCUT2D eigenvalue weighted by molar-refractivity contribution is 9.10. The fraction of sp³-hybridized carbons (Fsp3) is 0.0833. The van der Waals surface area contributed by atoms with Crippen molar-refractivity contribution in [2.24, 2.45) is 0 Å². The molecule has 0 bridgehead atoms. The summed E-state index contributed by atoms with van der Waals surface area (Å²) in [5.74, 6) is -0.358. The summed E-state index contributed by atoms with van der Waals surface area (Å²) in [6.45, 7) is 0. The van der Waals surface area contributed by atoms with E-state index in [1.54, 1.807) is 12.3 Å². The molecular weight excluding hydrogens is 270 g/mol. The summed E-state index contributed by atoms with van der Waals surface area (Å²) in [4.78, 5) is 14.1. The highest BCUT2D eigenvalue weighted by atomic mass is 79.9. The number of H-pyrrole nitrogens is 1. The normalized spacial score (nSPS) is 10.1. The number of carbonyl (C=O) groups excluding carboxylic acids is 1.